The van der Waals surface area contributed by atoms with Crippen molar-refractivity contribution in [3.05, 3.63) is 42.5 Å². The van der Waals surface area contributed by atoms with Gasteiger partial charge in [0.05, 0.1) is 9.42 Å². The van der Waals surface area contributed by atoms with E-state index in [1.54, 1.807) is 6.08 Å². The summed E-state index contributed by atoms with van der Waals surface area (Å²) in [7, 11) is 0. The molecule has 6 heteroatoms. The van der Waals surface area contributed by atoms with Gasteiger partial charge in [-0.1, -0.05) is 50.1 Å². The van der Waals surface area contributed by atoms with E-state index in [0.717, 1.165) is 11.3 Å². The van der Waals surface area contributed by atoms with E-state index < -0.39 is 0 Å². The standard InChI is InChI=1S/C11H13Br2N3O/c1-2-7-14-11(17)16-15-9-5-3-8(4-6-9)10(12)13/h2-6,10,15H,1,7H2,(H2,14,16,17). The van der Waals surface area contributed by atoms with Crippen molar-refractivity contribution in [2.75, 3.05) is 12.0 Å². The monoisotopic (exact) mass is 361 g/mol. The molecule has 0 aromatic heterocycles. The summed E-state index contributed by atoms with van der Waals surface area (Å²) >= 11 is 6.81. The SMILES string of the molecule is C=CCNC(=O)NNc1ccc(C(Br)Br)cc1. The summed E-state index contributed by atoms with van der Waals surface area (Å²) in [5, 5.41) is 2.59. The summed E-state index contributed by atoms with van der Waals surface area (Å²) in [4.78, 5) is 11.2. The Kier molecular flexibility index (Phi) is 6.07. The van der Waals surface area contributed by atoms with Gasteiger partial charge in [0.2, 0.25) is 0 Å². The highest BCUT2D eigenvalue weighted by Crippen LogP contribution is 2.29. The Hall–Kier alpha value is -1.01. The van der Waals surface area contributed by atoms with Gasteiger partial charge in [-0.05, 0) is 17.7 Å². The molecule has 2 amide bonds. The number of hydrogen-bond donors (Lipinski definition) is 3. The third-order valence-corrected chi connectivity index (χ3v) is 2.95. The fourth-order valence-electron chi connectivity index (χ4n) is 1.05. The molecular formula is C11H13Br2N3O. The Bertz CT molecular complexity index is 379. The van der Waals surface area contributed by atoms with E-state index in [4.69, 9.17) is 0 Å². The predicted molar refractivity (Wildman–Crippen MR) is 77.4 cm³/mol. The first-order valence-electron chi connectivity index (χ1n) is 4.92. The fourth-order valence-corrected chi connectivity index (χ4v) is 1.66. The average Bonchev–Trinajstić information content (AvgIpc) is 2.34. The first-order chi connectivity index (χ1) is 8.13. The first-order valence-corrected chi connectivity index (χ1v) is 6.75. The smallest absolute Gasteiger partial charge is 0.333 e. The molecule has 0 radical (unpaired) electrons. The van der Waals surface area contributed by atoms with Crippen molar-refractivity contribution in [3.63, 3.8) is 0 Å². The lowest BCUT2D eigenvalue weighted by atomic mass is 10.2. The molecule has 92 valence electrons. The van der Waals surface area contributed by atoms with Gasteiger partial charge < -0.3 is 5.32 Å². The number of anilines is 1. The summed E-state index contributed by atoms with van der Waals surface area (Å²) in [5.41, 5.74) is 7.22. The third-order valence-electron chi connectivity index (χ3n) is 1.89. The normalized spacial score (nSPS) is 9.82. The molecule has 0 saturated carbocycles. The van der Waals surface area contributed by atoms with Gasteiger partial charge in [0.1, 0.15) is 0 Å². The molecule has 4 nitrogen and oxygen atoms in total. The number of amides is 2. The lowest BCUT2D eigenvalue weighted by molar-refractivity contribution is 0.244. The highest BCUT2D eigenvalue weighted by molar-refractivity contribution is 9.24. The number of rotatable bonds is 5. The molecule has 0 atom stereocenters. The van der Waals surface area contributed by atoms with Gasteiger partial charge >= 0.3 is 6.03 Å². The lowest BCUT2D eigenvalue weighted by Crippen LogP contribution is -2.38. The zero-order valence-corrected chi connectivity index (χ0v) is 12.2. The van der Waals surface area contributed by atoms with Crippen molar-refractivity contribution >= 4 is 43.6 Å². The lowest BCUT2D eigenvalue weighted by Gasteiger charge is -2.09. The second-order valence-electron chi connectivity index (χ2n) is 3.17. The number of carbonyl (C=O) groups excluding carboxylic acids is 1. The molecule has 0 aliphatic carbocycles. The van der Waals surface area contributed by atoms with E-state index in [1.165, 1.54) is 0 Å². The summed E-state index contributed by atoms with van der Waals surface area (Å²) in [6.45, 7) is 3.94. The molecule has 17 heavy (non-hydrogen) atoms. The number of urea groups is 1. The van der Waals surface area contributed by atoms with Crippen LogP contribution in [-0.4, -0.2) is 12.6 Å². The zero-order chi connectivity index (χ0) is 12.7. The Labute approximate surface area is 117 Å². The van der Waals surface area contributed by atoms with Crippen molar-refractivity contribution in [2.45, 2.75) is 3.74 Å². The molecule has 0 spiro atoms. The quantitative estimate of drug-likeness (QED) is 0.427. The van der Waals surface area contributed by atoms with Crippen LogP contribution in [0.25, 0.3) is 0 Å². The first kappa shape index (κ1) is 14.1. The van der Waals surface area contributed by atoms with Gasteiger partial charge in [-0.25, -0.2) is 4.79 Å². The van der Waals surface area contributed by atoms with E-state index in [9.17, 15) is 4.79 Å². The second-order valence-corrected chi connectivity index (χ2v) is 6.23. The van der Waals surface area contributed by atoms with Crippen LogP contribution in [0.15, 0.2) is 36.9 Å². The summed E-state index contributed by atoms with van der Waals surface area (Å²) in [6, 6.07) is 7.34. The van der Waals surface area contributed by atoms with E-state index >= 15 is 0 Å². The molecule has 1 aromatic rings. The Morgan fingerprint density at radius 1 is 1.35 bits per heavy atom. The van der Waals surface area contributed by atoms with Crippen molar-refractivity contribution in [1.29, 1.82) is 0 Å². The molecule has 0 fully saturated rings. The van der Waals surface area contributed by atoms with E-state index in [2.05, 4.69) is 54.6 Å². The van der Waals surface area contributed by atoms with E-state index in [0.29, 0.717) is 6.54 Å². The van der Waals surface area contributed by atoms with Crippen molar-refractivity contribution < 1.29 is 4.79 Å². The van der Waals surface area contributed by atoms with E-state index in [1.807, 2.05) is 24.3 Å². The van der Waals surface area contributed by atoms with Crippen LogP contribution in [0.4, 0.5) is 10.5 Å². The highest BCUT2D eigenvalue weighted by Gasteiger charge is 2.02. The maximum absolute atomic E-state index is 11.2. The van der Waals surface area contributed by atoms with Crippen LogP contribution in [0.3, 0.4) is 0 Å². The number of alkyl halides is 2. The Morgan fingerprint density at radius 2 is 2.00 bits per heavy atom. The van der Waals surface area contributed by atoms with Crippen LogP contribution in [-0.2, 0) is 0 Å². The molecule has 0 aliphatic rings. The summed E-state index contributed by atoms with van der Waals surface area (Å²) in [6.07, 6.45) is 1.61. The van der Waals surface area contributed by atoms with Crippen LogP contribution in [0.1, 0.15) is 9.30 Å². The molecule has 0 bridgehead atoms. The van der Waals surface area contributed by atoms with E-state index in [-0.39, 0.29) is 9.77 Å². The van der Waals surface area contributed by atoms with Gasteiger partial charge in [-0.15, -0.1) is 6.58 Å². The molecule has 0 aliphatic heterocycles. The van der Waals surface area contributed by atoms with Gasteiger partial charge in [-0.3, -0.25) is 10.9 Å². The number of halogens is 2. The Balaban J connectivity index is 2.41. The molecule has 1 rings (SSSR count). The fraction of sp³-hybridized carbons (Fsp3) is 0.182. The maximum atomic E-state index is 11.2. The van der Waals surface area contributed by atoms with Crippen molar-refractivity contribution in [1.82, 2.24) is 10.7 Å². The van der Waals surface area contributed by atoms with Crippen molar-refractivity contribution in [3.8, 4) is 0 Å². The van der Waals surface area contributed by atoms with Crippen LogP contribution in [0.2, 0.25) is 0 Å². The molecule has 1 aromatic carbocycles. The summed E-state index contributed by atoms with van der Waals surface area (Å²) in [5.74, 6) is 0. The number of benzene rings is 1. The highest BCUT2D eigenvalue weighted by atomic mass is 79.9. The van der Waals surface area contributed by atoms with Gasteiger partial charge in [0, 0.05) is 6.54 Å². The van der Waals surface area contributed by atoms with Gasteiger partial charge in [-0.2, -0.15) is 0 Å². The van der Waals surface area contributed by atoms with Crippen molar-refractivity contribution in [2.24, 2.45) is 0 Å². The zero-order valence-electron chi connectivity index (χ0n) is 9.04. The minimum atomic E-state index is -0.298. The second kappa shape index (κ2) is 7.34. The predicted octanol–water partition coefficient (Wildman–Crippen LogP) is 3.29. The third kappa shape index (κ3) is 5.23. The van der Waals surface area contributed by atoms with Crippen LogP contribution >= 0.6 is 31.9 Å². The molecule has 0 saturated heterocycles. The maximum Gasteiger partial charge on any atom is 0.333 e. The molecular weight excluding hydrogens is 350 g/mol. The number of nitrogens with one attached hydrogen (secondary N) is 3. The minimum absolute atomic E-state index is 0.132. The molecule has 0 heterocycles. The van der Waals surface area contributed by atoms with Crippen LogP contribution in [0.5, 0.6) is 0 Å². The average molecular weight is 363 g/mol. The van der Waals surface area contributed by atoms with Gasteiger partial charge in [0.15, 0.2) is 0 Å². The minimum Gasteiger partial charge on any atom is -0.333 e. The van der Waals surface area contributed by atoms with Gasteiger partial charge in [0.25, 0.3) is 0 Å². The topological polar surface area (TPSA) is 53.2 Å². The number of hydrogen-bond acceptors (Lipinski definition) is 2. The number of hydrazine groups is 1. The van der Waals surface area contributed by atoms with Crippen LogP contribution < -0.4 is 16.2 Å². The number of carbonyl (C=O) groups is 1. The Morgan fingerprint density at radius 3 is 2.53 bits per heavy atom. The van der Waals surface area contributed by atoms with Crippen LogP contribution in [0, 0.1) is 0 Å². The summed E-state index contributed by atoms with van der Waals surface area (Å²) < 4.78 is 0.132. The molecule has 3 N–H and O–H groups in total. The molecule has 0 unspecified atom stereocenters. The largest absolute Gasteiger partial charge is 0.333 e.